The van der Waals surface area contributed by atoms with Gasteiger partial charge in [0, 0.05) is 54.5 Å². The summed E-state index contributed by atoms with van der Waals surface area (Å²) in [4.78, 5) is 59.9. The summed E-state index contributed by atoms with van der Waals surface area (Å²) in [6, 6.07) is 7.37. The average Bonchev–Trinajstić information content (AvgIpc) is 4.11. The second-order valence-corrected chi connectivity index (χ2v) is 22.9. The molecule has 0 radical (unpaired) electrons. The zero-order valence-electron chi connectivity index (χ0n) is 35.5. The number of Topliss-reactive ketones (excluding diaryl/α,β-unsaturated/α-hetero) is 2. The molecule has 4 aromatic rings. The van der Waals surface area contributed by atoms with Crippen molar-refractivity contribution in [2.75, 3.05) is 26.2 Å². The van der Waals surface area contributed by atoms with Gasteiger partial charge in [0.15, 0.2) is 46.8 Å². The van der Waals surface area contributed by atoms with E-state index in [1.165, 1.54) is 48.4 Å². The van der Waals surface area contributed by atoms with Gasteiger partial charge in [-0.05, 0) is 134 Å². The van der Waals surface area contributed by atoms with Gasteiger partial charge in [0.05, 0.1) is 38.9 Å². The molecule has 6 heterocycles. The molecule has 2 saturated heterocycles. The molecule has 2 N–H and O–H groups in total. The van der Waals surface area contributed by atoms with E-state index in [2.05, 4.69) is 9.80 Å². The second-order valence-electron chi connectivity index (χ2n) is 20.9. The van der Waals surface area contributed by atoms with E-state index in [4.69, 9.17) is 18.9 Å². The van der Waals surface area contributed by atoms with Gasteiger partial charge in [-0.3, -0.25) is 29.0 Å². The summed E-state index contributed by atoms with van der Waals surface area (Å²) in [6.45, 7) is 3.53. The fourth-order valence-electron chi connectivity index (χ4n) is 14.5. The van der Waals surface area contributed by atoms with Crippen molar-refractivity contribution in [3.05, 3.63) is 68.4 Å². The molecule has 4 saturated carbocycles. The third kappa shape index (κ3) is 5.07. The Kier molecular flexibility index (Phi) is 8.08. The number of benzene rings is 2. The van der Waals surface area contributed by atoms with Gasteiger partial charge in [-0.15, -0.1) is 22.7 Å². The number of ether oxygens (including phenoxy) is 4. The van der Waals surface area contributed by atoms with Crippen LogP contribution in [0, 0.1) is 11.8 Å². The number of piperidine rings is 2. The zero-order chi connectivity index (χ0) is 43.1. The number of thiophene rings is 2. The lowest BCUT2D eigenvalue weighted by Crippen LogP contribution is -2.76. The molecule has 8 atom stereocenters. The van der Waals surface area contributed by atoms with Gasteiger partial charge in [-0.1, -0.05) is 12.1 Å². The number of likely N-dealkylation sites (tertiary alicyclic amines) is 2. The van der Waals surface area contributed by atoms with Gasteiger partial charge in [0.1, 0.15) is 0 Å². The van der Waals surface area contributed by atoms with Gasteiger partial charge >= 0.3 is 11.9 Å². The van der Waals surface area contributed by atoms with Gasteiger partial charge in [0.2, 0.25) is 0 Å². The Morgan fingerprint density at radius 3 is 1.56 bits per heavy atom. The molecule has 14 heteroatoms. The van der Waals surface area contributed by atoms with Crippen molar-refractivity contribution in [3.63, 3.8) is 0 Å². The number of ketones is 2. The summed E-state index contributed by atoms with van der Waals surface area (Å²) in [5, 5.41) is 30.0. The number of nitrogens with zero attached hydrogens (tertiary/aromatic N) is 2. The Hall–Kier alpha value is -4.18. The van der Waals surface area contributed by atoms with Crippen molar-refractivity contribution >= 4 is 55.6 Å². The fourth-order valence-corrected chi connectivity index (χ4v) is 16.7. The van der Waals surface area contributed by atoms with Crippen LogP contribution in [0.25, 0.3) is 9.40 Å². The van der Waals surface area contributed by atoms with Crippen molar-refractivity contribution in [1.82, 2.24) is 9.80 Å². The van der Waals surface area contributed by atoms with Crippen LogP contribution >= 0.6 is 22.7 Å². The minimum Gasteiger partial charge on any atom is -0.477 e. The van der Waals surface area contributed by atoms with Gasteiger partial charge < -0.3 is 29.2 Å². The Bertz CT molecular complexity index is 2590. The molecular weight excluding hydrogens is 853 g/mol. The van der Waals surface area contributed by atoms with Gasteiger partial charge in [-0.2, -0.15) is 0 Å². The lowest BCUT2D eigenvalue weighted by Gasteiger charge is -2.62. The predicted molar refractivity (Wildman–Crippen MR) is 235 cm³/mol. The highest BCUT2D eigenvalue weighted by molar-refractivity contribution is 7.37. The van der Waals surface area contributed by atoms with E-state index in [0.29, 0.717) is 61.9 Å². The van der Waals surface area contributed by atoms with Crippen LogP contribution < -0.4 is 18.9 Å². The Labute approximate surface area is 377 Å². The molecule has 6 fully saturated rings. The number of hydrogen-bond donors (Lipinski definition) is 2. The third-order valence-corrected chi connectivity index (χ3v) is 19.9. The standard InChI is InChI=1S/C50H50N2O10S2/c53-31-9-11-49(57)35-17-27-5-7-33(42-40(27)47(49,44(31)61-42)13-15-51(35)21-25-1-2-25)59-37(55)19-29-23-63-46-39(29)30(24-64-46)20-38(56)60-34-8-6-28-18-36-50(58)12-10-32(54)45-48(50,41(28)43(34)62-45)14-16-52(36)22-26-3-4-26/h5-8,23-26,35-36,44-45,57-58H,1-4,9-22H2/t35-,36-,44+,45+,47+,48+,49-,50-/m1/s1. The quantitative estimate of drug-likeness (QED) is 0.152. The van der Waals surface area contributed by atoms with Crippen LogP contribution in [0.5, 0.6) is 23.0 Å². The number of rotatable bonds is 10. The van der Waals surface area contributed by atoms with Crippen molar-refractivity contribution in [2.45, 2.75) is 136 Å². The monoisotopic (exact) mass is 902 g/mol. The van der Waals surface area contributed by atoms with Crippen LogP contribution in [0.15, 0.2) is 35.0 Å². The van der Waals surface area contributed by atoms with Crippen LogP contribution in [0.3, 0.4) is 0 Å². The van der Waals surface area contributed by atoms with E-state index in [1.54, 1.807) is 12.1 Å². The maximum absolute atomic E-state index is 13.9. The third-order valence-electron chi connectivity index (χ3n) is 17.7. The number of aliphatic hydroxyl groups is 2. The van der Waals surface area contributed by atoms with Crippen LogP contribution in [0.4, 0.5) is 0 Å². The molecule has 4 aliphatic heterocycles. The molecule has 10 aliphatic rings. The summed E-state index contributed by atoms with van der Waals surface area (Å²) in [6.07, 6.45) is 7.07. The summed E-state index contributed by atoms with van der Waals surface area (Å²) in [7, 11) is 0. The van der Waals surface area contributed by atoms with Crippen LogP contribution in [-0.2, 0) is 55.7 Å². The highest BCUT2D eigenvalue weighted by Crippen LogP contribution is 2.67. The molecule has 0 amide bonds. The number of hydrogen-bond acceptors (Lipinski definition) is 14. The number of esters is 2. The Morgan fingerprint density at radius 1 is 0.672 bits per heavy atom. The zero-order valence-corrected chi connectivity index (χ0v) is 37.2. The highest BCUT2D eigenvalue weighted by atomic mass is 32.2. The SMILES string of the molecule is O=C(Cc1csc2scc(CC(=O)Oc3ccc4c5c3O[C@H]3C(=O)CC[C@@]6(O)[C@@H](C4)N(CC4CC4)CC[C@]536)c12)Oc1ccc2c3c1O[C@H]1C(=O)CC[C@@]4(O)[C@@H](C2)N(CC2CC2)CC[C@]314. The first kappa shape index (κ1) is 39.0. The molecule has 332 valence electrons. The minimum atomic E-state index is -1.11. The van der Waals surface area contributed by atoms with E-state index in [1.807, 2.05) is 22.9 Å². The molecule has 14 rings (SSSR count). The topological polar surface area (TPSA) is 152 Å². The van der Waals surface area contributed by atoms with E-state index in [9.17, 15) is 29.4 Å². The van der Waals surface area contributed by atoms with Crippen molar-refractivity contribution in [3.8, 4) is 23.0 Å². The summed E-state index contributed by atoms with van der Waals surface area (Å²) in [5.74, 6) is 1.71. The normalized spacial score (nSPS) is 35.2. The summed E-state index contributed by atoms with van der Waals surface area (Å²) < 4.78 is 26.3. The first-order valence-corrected chi connectivity index (χ1v) is 25.3. The number of carbonyl (C=O) groups excluding carboxylic acids is 4. The van der Waals surface area contributed by atoms with Crippen LogP contribution in [-0.4, -0.2) is 105 Å². The lowest BCUT2D eigenvalue weighted by molar-refractivity contribution is -0.188. The molecule has 0 unspecified atom stereocenters. The highest BCUT2D eigenvalue weighted by Gasteiger charge is 2.75. The summed E-state index contributed by atoms with van der Waals surface area (Å²) in [5.41, 5.74) is 1.34. The molecule has 2 spiro atoms. The molecule has 2 aromatic carbocycles. The molecular formula is C50H50N2O10S2. The fraction of sp³-hybridized carbons (Fsp3) is 0.560. The van der Waals surface area contributed by atoms with E-state index < -0.39 is 46.2 Å². The maximum Gasteiger partial charge on any atom is 0.315 e. The predicted octanol–water partition coefficient (Wildman–Crippen LogP) is 5.53. The van der Waals surface area contributed by atoms with Crippen molar-refractivity contribution in [2.24, 2.45) is 11.8 Å². The van der Waals surface area contributed by atoms with E-state index in [-0.39, 0.29) is 60.8 Å². The average molecular weight is 903 g/mol. The summed E-state index contributed by atoms with van der Waals surface area (Å²) >= 11 is 3.02. The van der Waals surface area contributed by atoms with Crippen LogP contribution in [0.2, 0.25) is 0 Å². The van der Waals surface area contributed by atoms with Crippen molar-refractivity contribution < 1.29 is 48.3 Å². The molecule has 6 aliphatic carbocycles. The minimum absolute atomic E-state index is 0.00879. The number of carbonyl (C=O) groups is 4. The van der Waals surface area contributed by atoms with E-state index >= 15 is 0 Å². The molecule has 2 aromatic heterocycles. The lowest BCUT2D eigenvalue weighted by atomic mass is 9.49. The first-order valence-electron chi connectivity index (χ1n) is 23.5. The van der Waals surface area contributed by atoms with Crippen molar-refractivity contribution in [1.29, 1.82) is 0 Å². The van der Waals surface area contributed by atoms with E-state index in [0.717, 1.165) is 69.0 Å². The number of fused-ring (bicyclic) bond motifs is 1. The second kappa shape index (κ2) is 13.3. The Morgan fingerprint density at radius 2 is 1.12 bits per heavy atom. The molecule has 4 bridgehead atoms. The van der Waals surface area contributed by atoms with Gasteiger partial charge in [0.25, 0.3) is 0 Å². The largest absolute Gasteiger partial charge is 0.477 e. The Balaban J connectivity index is 0.717. The molecule has 64 heavy (non-hydrogen) atoms. The first-order chi connectivity index (χ1) is 31.0. The maximum atomic E-state index is 13.9. The molecule has 12 nitrogen and oxygen atoms in total. The van der Waals surface area contributed by atoms with Crippen LogP contribution in [0.1, 0.15) is 97.6 Å². The smallest absolute Gasteiger partial charge is 0.315 e. The van der Waals surface area contributed by atoms with Gasteiger partial charge in [-0.25, -0.2) is 0 Å².